The van der Waals surface area contributed by atoms with Gasteiger partial charge in [0.2, 0.25) is 0 Å². The van der Waals surface area contributed by atoms with E-state index in [1.807, 2.05) is 0 Å². The van der Waals surface area contributed by atoms with Crippen LogP contribution < -0.4 is 5.32 Å². The van der Waals surface area contributed by atoms with Gasteiger partial charge in [-0.1, -0.05) is 11.6 Å². The summed E-state index contributed by atoms with van der Waals surface area (Å²) in [6.07, 6.45) is 3.18. The monoisotopic (exact) mass is 314 g/mol. The summed E-state index contributed by atoms with van der Waals surface area (Å²) in [6.45, 7) is 0. The molecule has 2 aromatic carbocycles. The maximum atomic E-state index is 12.1. The first-order valence-corrected chi connectivity index (χ1v) is 6.78. The lowest BCUT2D eigenvalue weighted by molar-refractivity contribution is 0.102. The third-order valence-corrected chi connectivity index (χ3v) is 3.29. The summed E-state index contributed by atoms with van der Waals surface area (Å²) < 4.78 is 0. The van der Waals surface area contributed by atoms with E-state index in [-0.39, 0.29) is 16.7 Å². The van der Waals surface area contributed by atoms with Crippen LogP contribution in [-0.4, -0.2) is 26.0 Å². The van der Waals surface area contributed by atoms with Crippen molar-refractivity contribution in [2.24, 2.45) is 0 Å². The SMILES string of the molecule is O=C(Nc1ccc(-n2nccn2)cc1)c1ccc(O)c(Cl)c1. The van der Waals surface area contributed by atoms with Crippen LogP contribution in [0.1, 0.15) is 10.4 Å². The summed E-state index contributed by atoms with van der Waals surface area (Å²) in [5.41, 5.74) is 1.78. The maximum Gasteiger partial charge on any atom is 0.255 e. The van der Waals surface area contributed by atoms with E-state index in [0.717, 1.165) is 5.69 Å². The molecule has 0 aliphatic heterocycles. The first-order chi connectivity index (χ1) is 10.6. The third kappa shape index (κ3) is 2.91. The van der Waals surface area contributed by atoms with Crippen molar-refractivity contribution < 1.29 is 9.90 Å². The van der Waals surface area contributed by atoms with Gasteiger partial charge in [0, 0.05) is 11.3 Å². The predicted octanol–water partition coefficient (Wildman–Crippen LogP) is 2.88. The lowest BCUT2D eigenvalue weighted by atomic mass is 10.2. The van der Waals surface area contributed by atoms with E-state index in [1.165, 1.54) is 23.0 Å². The van der Waals surface area contributed by atoms with Gasteiger partial charge in [-0.3, -0.25) is 4.79 Å². The number of carbonyl (C=O) groups excluding carboxylic acids is 1. The molecule has 0 unspecified atom stereocenters. The zero-order valence-corrected chi connectivity index (χ0v) is 12.0. The van der Waals surface area contributed by atoms with Crippen molar-refractivity contribution >= 4 is 23.2 Å². The second-order valence-corrected chi connectivity index (χ2v) is 4.89. The van der Waals surface area contributed by atoms with Gasteiger partial charge in [-0.15, -0.1) is 0 Å². The molecule has 1 aromatic heterocycles. The Morgan fingerprint density at radius 3 is 2.41 bits per heavy atom. The van der Waals surface area contributed by atoms with Crippen molar-refractivity contribution in [1.29, 1.82) is 0 Å². The van der Waals surface area contributed by atoms with Crippen molar-refractivity contribution in [2.75, 3.05) is 5.32 Å². The van der Waals surface area contributed by atoms with Gasteiger partial charge in [0.25, 0.3) is 5.91 Å². The first-order valence-electron chi connectivity index (χ1n) is 6.40. The van der Waals surface area contributed by atoms with Crippen LogP contribution in [0.15, 0.2) is 54.9 Å². The van der Waals surface area contributed by atoms with E-state index in [9.17, 15) is 9.90 Å². The third-order valence-electron chi connectivity index (χ3n) is 2.98. The minimum Gasteiger partial charge on any atom is -0.506 e. The van der Waals surface area contributed by atoms with Crippen LogP contribution in [0, 0.1) is 0 Å². The molecule has 0 radical (unpaired) electrons. The lowest BCUT2D eigenvalue weighted by Crippen LogP contribution is -2.11. The largest absolute Gasteiger partial charge is 0.506 e. The van der Waals surface area contributed by atoms with Crippen molar-refractivity contribution in [2.45, 2.75) is 0 Å². The Balaban J connectivity index is 1.75. The Bertz CT molecular complexity index is 801. The fraction of sp³-hybridized carbons (Fsp3) is 0. The number of amides is 1. The molecule has 0 aliphatic carbocycles. The Kier molecular flexibility index (Phi) is 3.76. The molecule has 0 bridgehead atoms. The molecule has 0 atom stereocenters. The number of aromatic hydroxyl groups is 1. The highest BCUT2D eigenvalue weighted by Crippen LogP contribution is 2.24. The number of hydrogen-bond acceptors (Lipinski definition) is 4. The average molecular weight is 315 g/mol. The second kappa shape index (κ2) is 5.87. The van der Waals surface area contributed by atoms with Crippen molar-refractivity contribution in [1.82, 2.24) is 15.0 Å². The number of anilines is 1. The molecule has 7 heteroatoms. The molecule has 22 heavy (non-hydrogen) atoms. The fourth-order valence-electron chi connectivity index (χ4n) is 1.88. The minimum absolute atomic E-state index is 0.0608. The zero-order chi connectivity index (χ0) is 15.5. The molecule has 1 heterocycles. The number of hydrogen-bond donors (Lipinski definition) is 2. The summed E-state index contributed by atoms with van der Waals surface area (Å²) >= 11 is 5.79. The van der Waals surface area contributed by atoms with E-state index in [0.29, 0.717) is 11.3 Å². The van der Waals surface area contributed by atoms with Gasteiger partial charge in [0.05, 0.1) is 23.1 Å². The van der Waals surface area contributed by atoms with E-state index in [4.69, 9.17) is 11.6 Å². The molecule has 2 N–H and O–H groups in total. The van der Waals surface area contributed by atoms with Crippen molar-refractivity contribution in [3.8, 4) is 11.4 Å². The smallest absolute Gasteiger partial charge is 0.255 e. The molecule has 0 spiro atoms. The number of rotatable bonds is 3. The maximum absolute atomic E-state index is 12.1. The van der Waals surface area contributed by atoms with Crippen molar-refractivity contribution in [3.63, 3.8) is 0 Å². The van der Waals surface area contributed by atoms with Crippen LogP contribution in [0.2, 0.25) is 5.02 Å². The quantitative estimate of drug-likeness (QED) is 0.779. The highest BCUT2D eigenvalue weighted by Gasteiger charge is 2.09. The molecular weight excluding hydrogens is 304 g/mol. The molecule has 110 valence electrons. The van der Waals surface area contributed by atoms with Gasteiger partial charge >= 0.3 is 0 Å². The van der Waals surface area contributed by atoms with Gasteiger partial charge < -0.3 is 10.4 Å². The number of phenolic OH excluding ortho intramolecular Hbond substituents is 1. The summed E-state index contributed by atoms with van der Waals surface area (Å²) in [5.74, 6) is -0.374. The summed E-state index contributed by atoms with van der Waals surface area (Å²) in [7, 11) is 0. The van der Waals surface area contributed by atoms with Crippen molar-refractivity contribution in [3.05, 3.63) is 65.4 Å². The number of carbonyl (C=O) groups is 1. The zero-order valence-electron chi connectivity index (χ0n) is 11.3. The summed E-state index contributed by atoms with van der Waals surface area (Å²) in [6, 6.07) is 11.4. The average Bonchev–Trinajstić information content (AvgIpc) is 3.05. The van der Waals surface area contributed by atoms with Crippen LogP contribution in [0.3, 0.4) is 0 Å². The number of nitrogens with zero attached hydrogens (tertiary/aromatic N) is 3. The topological polar surface area (TPSA) is 80.0 Å². The van der Waals surface area contributed by atoms with E-state index in [1.54, 1.807) is 36.7 Å². The van der Waals surface area contributed by atoms with Gasteiger partial charge in [0.15, 0.2) is 0 Å². The van der Waals surface area contributed by atoms with E-state index >= 15 is 0 Å². The minimum atomic E-state index is -0.313. The van der Waals surface area contributed by atoms with E-state index < -0.39 is 0 Å². The molecule has 1 amide bonds. The number of aromatic nitrogens is 3. The van der Waals surface area contributed by atoms with Crippen LogP contribution in [0.25, 0.3) is 5.69 Å². The molecule has 0 saturated heterocycles. The van der Waals surface area contributed by atoms with Gasteiger partial charge in [-0.25, -0.2) is 0 Å². The highest BCUT2D eigenvalue weighted by molar-refractivity contribution is 6.32. The number of halogens is 1. The highest BCUT2D eigenvalue weighted by atomic mass is 35.5. The Morgan fingerprint density at radius 1 is 1.09 bits per heavy atom. The summed E-state index contributed by atoms with van der Waals surface area (Å²) in [4.78, 5) is 13.6. The number of benzene rings is 2. The van der Waals surface area contributed by atoms with Crippen LogP contribution in [0.4, 0.5) is 5.69 Å². The number of phenols is 1. The van der Waals surface area contributed by atoms with Crippen LogP contribution in [0.5, 0.6) is 5.75 Å². The standard InChI is InChI=1S/C15H11ClN4O2/c16-13-9-10(1-6-14(13)21)15(22)19-11-2-4-12(5-3-11)20-17-7-8-18-20/h1-9,21H,(H,19,22). The fourth-order valence-corrected chi connectivity index (χ4v) is 2.06. The van der Waals surface area contributed by atoms with Crippen LogP contribution >= 0.6 is 11.6 Å². The van der Waals surface area contributed by atoms with Crippen LogP contribution in [-0.2, 0) is 0 Å². The summed E-state index contributed by atoms with van der Waals surface area (Å²) in [5, 5.41) is 20.3. The molecule has 3 rings (SSSR count). The Hall–Kier alpha value is -2.86. The van der Waals surface area contributed by atoms with Gasteiger partial charge in [0.1, 0.15) is 5.75 Å². The van der Waals surface area contributed by atoms with Gasteiger partial charge in [-0.05, 0) is 42.5 Å². The lowest BCUT2D eigenvalue weighted by Gasteiger charge is -2.07. The molecule has 0 fully saturated rings. The Morgan fingerprint density at radius 2 is 1.77 bits per heavy atom. The molecule has 6 nitrogen and oxygen atoms in total. The number of nitrogens with one attached hydrogen (secondary N) is 1. The first kappa shape index (κ1) is 14.1. The molecule has 3 aromatic rings. The van der Waals surface area contributed by atoms with Gasteiger partial charge in [-0.2, -0.15) is 15.0 Å². The predicted molar refractivity (Wildman–Crippen MR) is 82.4 cm³/mol. The molecule has 0 saturated carbocycles. The van der Waals surface area contributed by atoms with E-state index in [2.05, 4.69) is 15.5 Å². The second-order valence-electron chi connectivity index (χ2n) is 4.49. The molecule has 0 aliphatic rings. The Labute approximate surface area is 131 Å². The normalized spacial score (nSPS) is 10.4. The molecular formula is C15H11ClN4O2.